The van der Waals surface area contributed by atoms with E-state index in [-0.39, 0.29) is 4.99 Å². The largest absolute Gasteiger partial charge is 0.388 e. The molecule has 0 fully saturated rings. The van der Waals surface area contributed by atoms with Crippen LogP contribution in [-0.4, -0.2) is 15.0 Å². The molecule has 1 heterocycles. The number of hydrogen-bond acceptors (Lipinski definition) is 4. The van der Waals surface area contributed by atoms with E-state index in [1.165, 1.54) is 5.56 Å². The number of aryl methyl sites for hydroxylation is 1. The molecule has 20 heavy (non-hydrogen) atoms. The van der Waals surface area contributed by atoms with E-state index >= 15 is 0 Å². The third-order valence-electron chi connectivity index (χ3n) is 2.94. The summed E-state index contributed by atoms with van der Waals surface area (Å²) in [7, 11) is 0. The quantitative estimate of drug-likeness (QED) is 0.844. The lowest BCUT2D eigenvalue weighted by Crippen LogP contribution is -2.14. The van der Waals surface area contributed by atoms with E-state index in [0.717, 1.165) is 11.4 Å². The Bertz CT molecular complexity index is 638. The van der Waals surface area contributed by atoms with Crippen LogP contribution in [0.2, 0.25) is 0 Å². The number of nitrogens with zero attached hydrogens (tertiary/aromatic N) is 2. The summed E-state index contributed by atoms with van der Waals surface area (Å²) in [6, 6.07) is 9.90. The van der Waals surface area contributed by atoms with Crippen molar-refractivity contribution in [2.24, 2.45) is 5.73 Å². The summed E-state index contributed by atoms with van der Waals surface area (Å²) in [5, 5.41) is 3.25. The van der Waals surface area contributed by atoms with Crippen LogP contribution in [-0.2, 0) is 0 Å². The summed E-state index contributed by atoms with van der Waals surface area (Å²) in [6.45, 7) is 6.19. The van der Waals surface area contributed by atoms with E-state index in [1.54, 1.807) is 6.07 Å². The molecule has 0 saturated carbocycles. The summed E-state index contributed by atoms with van der Waals surface area (Å²) in [5.74, 6) is 0.930. The molecule has 0 aliphatic rings. The molecule has 0 aliphatic carbocycles. The maximum absolute atomic E-state index is 5.64. The number of anilines is 2. The van der Waals surface area contributed by atoms with Gasteiger partial charge in [0.15, 0.2) is 0 Å². The Morgan fingerprint density at radius 3 is 2.60 bits per heavy atom. The third kappa shape index (κ3) is 3.30. The van der Waals surface area contributed by atoms with Crippen LogP contribution in [0.4, 0.5) is 11.6 Å². The lowest BCUT2D eigenvalue weighted by atomic mass is 10.0. The summed E-state index contributed by atoms with van der Waals surface area (Å²) in [6.07, 6.45) is 0. The molecule has 1 aromatic heterocycles. The number of nitrogens with one attached hydrogen (secondary N) is 1. The minimum Gasteiger partial charge on any atom is -0.388 e. The van der Waals surface area contributed by atoms with Gasteiger partial charge in [-0.1, -0.05) is 44.3 Å². The van der Waals surface area contributed by atoms with E-state index < -0.39 is 0 Å². The van der Waals surface area contributed by atoms with Crippen molar-refractivity contribution in [3.63, 3.8) is 0 Å². The van der Waals surface area contributed by atoms with E-state index in [2.05, 4.69) is 35.2 Å². The molecule has 0 radical (unpaired) electrons. The first-order valence-corrected chi connectivity index (χ1v) is 6.89. The Hall–Kier alpha value is -2.01. The standard InChI is InChI=1S/C15H18N4S/c1-9(2)11-6-4-5-7-12(11)18-15-17-10(3)8-13(19-15)14(16)20/h4-9H,1-3H3,(H2,16,20)(H,17,18,19). The molecule has 0 saturated heterocycles. The second-order valence-corrected chi connectivity index (χ2v) is 5.39. The van der Waals surface area contributed by atoms with Gasteiger partial charge in [-0.05, 0) is 30.5 Å². The molecule has 0 amide bonds. The Morgan fingerprint density at radius 1 is 1.25 bits per heavy atom. The maximum Gasteiger partial charge on any atom is 0.228 e. The molecule has 104 valence electrons. The summed E-state index contributed by atoms with van der Waals surface area (Å²) < 4.78 is 0. The molecule has 0 aliphatic heterocycles. The van der Waals surface area contributed by atoms with Gasteiger partial charge >= 0.3 is 0 Å². The molecule has 1 aromatic carbocycles. The van der Waals surface area contributed by atoms with Crippen LogP contribution in [0.25, 0.3) is 0 Å². The lowest BCUT2D eigenvalue weighted by molar-refractivity contribution is 0.868. The predicted octanol–water partition coefficient (Wildman–Crippen LogP) is 3.29. The molecular weight excluding hydrogens is 268 g/mol. The monoisotopic (exact) mass is 286 g/mol. The number of benzene rings is 1. The molecule has 4 nitrogen and oxygen atoms in total. The Kier molecular flexibility index (Phi) is 4.29. The van der Waals surface area contributed by atoms with E-state index in [4.69, 9.17) is 18.0 Å². The first kappa shape index (κ1) is 14.4. The normalized spacial score (nSPS) is 10.6. The Balaban J connectivity index is 2.37. The fourth-order valence-electron chi connectivity index (χ4n) is 1.99. The minimum atomic E-state index is 0.274. The molecule has 2 rings (SSSR count). The summed E-state index contributed by atoms with van der Waals surface area (Å²) in [4.78, 5) is 8.99. The van der Waals surface area contributed by atoms with Crippen LogP contribution >= 0.6 is 12.2 Å². The summed E-state index contributed by atoms with van der Waals surface area (Å²) in [5.41, 5.74) is 9.26. The van der Waals surface area contributed by atoms with Crippen LogP contribution in [0.3, 0.4) is 0 Å². The van der Waals surface area contributed by atoms with Gasteiger partial charge in [0.2, 0.25) is 5.95 Å². The predicted molar refractivity (Wildman–Crippen MR) is 86.5 cm³/mol. The lowest BCUT2D eigenvalue weighted by Gasteiger charge is -2.14. The van der Waals surface area contributed by atoms with Crippen molar-refractivity contribution >= 4 is 28.8 Å². The topological polar surface area (TPSA) is 63.8 Å². The molecule has 3 N–H and O–H groups in total. The van der Waals surface area contributed by atoms with Gasteiger partial charge in [-0.2, -0.15) is 0 Å². The van der Waals surface area contributed by atoms with Gasteiger partial charge in [0, 0.05) is 11.4 Å². The Morgan fingerprint density at radius 2 is 1.95 bits per heavy atom. The highest BCUT2D eigenvalue weighted by Crippen LogP contribution is 2.25. The number of thiocarbonyl (C=S) groups is 1. The van der Waals surface area contributed by atoms with Crippen LogP contribution in [0.15, 0.2) is 30.3 Å². The van der Waals surface area contributed by atoms with Gasteiger partial charge in [0.05, 0.1) is 0 Å². The van der Waals surface area contributed by atoms with Gasteiger partial charge in [-0.25, -0.2) is 9.97 Å². The number of para-hydroxylation sites is 1. The first-order chi connectivity index (χ1) is 9.47. The molecule has 0 atom stereocenters. The zero-order valence-corrected chi connectivity index (χ0v) is 12.7. The second kappa shape index (κ2) is 5.96. The average molecular weight is 286 g/mol. The van der Waals surface area contributed by atoms with Crippen LogP contribution < -0.4 is 11.1 Å². The highest BCUT2D eigenvalue weighted by atomic mass is 32.1. The molecule has 5 heteroatoms. The molecule has 0 bridgehead atoms. The van der Waals surface area contributed by atoms with Crippen LogP contribution in [0.1, 0.15) is 36.7 Å². The molecule has 0 unspecified atom stereocenters. The van der Waals surface area contributed by atoms with Gasteiger partial charge in [-0.15, -0.1) is 0 Å². The SMILES string of the molecule is Cc1cc(C(N)=S)nc(Nc2ccccc2C(C)C)n1. The molecular formula is C15H18N4S. The second-order valence-electron chi connectivity index (χ2n) is 4.95. The zero-order valence-electron chi connectivity index (χ0n) is 11.8. The maximum atomic E-state index is 5.64. The van der Waals surface area contributed by atoms with Crippen molar-refractivity contribution in [2.45, 2.75) is 26.7 Å². The molecule has 2 aromatic rings. The fourth-order valence-corrected chi connectivity index (χ4v) is 2.09. The average Bonchev–Trinajstić information content (AvgIpc) is 2.38. The minimum absolute atomic E-state index is 0.274. The van der Waals surface area contributed by atoms with Crippen molar-refractivity contribution in [1.29, 1.82) is 0 Å². The van der Waals surface area contributed by atoms with Crippen molar-refractivity contribution < 1.29 is 0 Å². The van der Waals surface area contributed by atoms with Crippen LogP contribution in [0, 0.1) is 6.92 Å². The van der Waals surface area contributed by atoms with Gasteiger partial charge in [-0.3, -0.25) is 0 Å². The Labute approximate surface area is 124 Å². The van der Waals surface area contributed by atoms with E-state index in [9.17, 15) is 0 Å². The highest BCUT2D eigenvalue weighted by Gasteiger charge is 2.09. The highest BCUT2D eigenvalue weighted by molar-refractivity contribution is 7.80. The number of aromatic nitrogens is 2. The van der Waals surface area contributed by atoms with Gasteiger partial charge < -0.3 is 11.1 Å². The fraction of sp³-hybridized carbons (Fsp3) is 0.267. The van der Waals surface area contributed by atoms with E-state index in [1.807, 2.05) is 25.1 Å². The van der Waals surface area contributed by atoms with Crippen molar-refractivity contribution in [3.05, 3.63) is 47.3 Å². The van der Waals surface area contributed by atoms with E-state index in [0.29, 0.717) is 17.6 Å². The van der Waals surface area contributed by atoms with Crippen LogP contribution in [0.5, 0.6) is 0 Å². The zero-order chi connectivity index (χ0) is 14.7. The molecule has 0 spiro atoms. The number of rotatable bonds is 4. The first-order valence-electron chi connectivity index (χ1n) is 6.49. The van der Waals surface area contributed by atoms with Gasteiger partial charge in [0.1, 0.15) is 10.7 Å². The third-order valence-corrected chi connectivity index (χ3v) is 3.15. The number of nitrogens with two attached hydrogens (primary N) is 1. The van der Waals surface area contributed by atoms with Gasteiger partial charge in [0.25, 0.3) is 0 Å². The number of hydrogen-bond donors (Lipinski definition) is 2. The van der Waals surface area contributed by atoms with Crippen molar-refractivity contribution in [3.8, 4) is 0 Å². The smallest absolute Gasteiger partial charge is 0.228 e. The summed E-state index contributed by atoms with van der Waals surface area (Å²) >= 11 is 4.97. The van der Waals surface area contributed by atoms with Crippen molar-refractivity contribution in [2.75, 3.05) is 5.32 Å². The van der Waals surface area contributed by atoms with Crippen molar-refractivity contribution in [1.82, 2.24) is 9.97 Å².